The molecule has 0 aliphatic carbocycles. The van der Waals surface area contributed by atoms with Crippen molar-refractivity contribution in [3.05, 3.63) is 48.5 Å². The first kappa shape index (κ1) is 48.3. The van der Waals surface area contributed by atoms with Crippen molar-refractivity contribution in [1.82, 2.24) is 0 Å². The van der Waals surface area contributed by atoms with Gasteiger partial charge >= 0.3 is 10.4 Å². The topological polar surface area (TPSA) is 387 Å². The van der Waals surface area contributed by atoms with Gasteiger partial charge in [-0.25, -0.2) is 31.5 Å². The van der Waals surface area contributed by atoms with E-state index in [9.17, 15) is 43.3 Å². The Labute approximate surface area is 347 Å². The van der Waals surface area contributed by atoms with Crippen molar-refractivity contribution in [2.24, 2.45) is 20.5 Å². The average molecular weight is 964 g/mol. The molecule has 0 fully saturated rings. The molecule has 0 aromatic heterocycles. The van der Waals surface area contributed by atoms with Gasteiger partial charge in [0.15, 0.2) is 37.7 Å². The van der Waals surface area contributed by atoms with Crippen molar-refractivity contribution in [1.29, 1.82) is 0 Å². The molecule has 26 nitrogen and oxygen atoms in total. The summed E-state index contributed by atoms with van der Waals surface area (Å²) in [5, 5.41) is 50.8. The van der Waals surface area contributed by atoms with Crippen molar-refractivity contribution in [2.45, 2.75) is 19.6 Å². The second-order valence-electron chi connectivity index (χ2n) is 11.0. The molecule has 4 rings (SSSR count). The summed E-state index contributed by atoms with van der Waals surface area (Å²) in [5.41, 5.74) is 4.28. The average Bonchev–Trinajstić information content (AvgIpc) is 3.17. The molecule has 0 heterocycles. The Kier molecular flexibility index (Phi) is 16.5. The van der Waals surface area contributed by atoms with E-state index in [0.717, 1.165) is 55.6 Å². The Hall–Kier alpha value is -4.36. The third kappa shape index (κ3) is 12.4. The molecule has 0 spiro atoms. The minimum Gasteiger partial charge on any atom is -0.505 e. The maximum absolute atomic E-state index is 13.1. The lowest BCUT2D eigenvalue weighted by atomic mass is 10.1. The summed E-state index contributed by atoms with van der Waals surface area (Å²) in [4.78, 5) is -1.81. The molecule has 32 heteroatoms. The molecule has 7 N–H and O–H groups in total. The molecule has 0 unspecified atom stereocenters. The van der Waals surface area contributed by atoms with Crippen molar-refractivity contribution in [2.75, 3.05) is 44.7 Å². The van der Waals surface area contributed by atoms with E-state index in [2.05, 4.69) is 43.4 Å². The first-order chi connectivity index (χ1) is 28.2. The number of nitrogen functional groups attached to an aromatic ring is 1. The van der Waals surface area contributed by atoms with Crippen LogP contribution < -0.4 is 15.2 Å². The monoisotopic (exact) mass is 963 g/mol. The molecule has 0 saturated carbocycles. The van der Waals surface area contributed by atoms with Crippen LogP contribution in [0.3, 0.4) is 0 Å². The quantitative estimate of drug-likeness (QED) is 0.0114. The van der Waals surface area contributed by atoms with Gasteiger partial charge in [-0.2, -0.15) is 21.9 Å². The van der Waals surface area contributed by atoms with Crippen LogP contribution in [-0.2, 0) is 67.3 Å². The molecular formula is C28H29N5O21S6. The number of hydrogen-bond donors (Lipinski definition) is 6. The highest BCUT2D eigenvalue weighted by molar-refractivity contribution is 7.94. The molecule has 0 aliphatic heterocycles. The number of benzene rings is 4. The van der Waals surface area contributed by atoms with Gasteiger partial charge in [-0.05, 0) is 41.8 Å². The lowest BCUT2D eigenvalue weighted by Gasteiger charge is -2.15. The van der Waals surface area contributed by atoms with Gasteiger partial charge in [0, 0.05) is 12.1 Å². The summed E-state index contributed by atoms with van der Waals surface area (Å²) in [6.07, 6.45) is 0. The van der Waals surface area contributed by atoms with E-state index in [-0.39, 0.29) is 72.7 Å². The van der Waals surface area contributed by atoms with Crippen LogP contribution in [-0.4, -0.2) is 97.3 Å². The Balaban J connectivity index is 1.80. The predicted octanol–water partition coefficient (Wildman–Crippen LogP) is 5.02. The first-order valence-electron chi connectivity index (χ1n) is 15.4. The Morgan fingerprint density at radius 3 is 1.95 bits per heavy atom. The van der Waals surface area contributed by atoms with Gasteiger partial charge in [-0.15, -0.1) is 24.0 Å². The molecule has 0 amide bonds. The highest BCUT2D eigenvalue weighted by Gasteiger charge is 2.27. The number of sulfone groups is 2. The Morgan fingerprint density at radius 2 is 1.35 bits per heavy atom. The third-order valence-electron chi connectivity index (χ3n) is 7.39. The number of anilines is 1. The number of phenolic OH excluding ortho intramolecular Hbond substituents is 1. The summed E-state index contributed by atoms with van der Waals surface area (Å²) >= 11 is 0.402. The molecule has 60 heavy (non-hydrogen) atoms. The molecule has 0 aliphatic rings. The zero-order chi connectivity index (χ0) is 44.5. The summed E-state index contributed by atoms with van der Waals surface area (Å²) in [5.74, 6) is -2.67. The maximum Gasteiger partial charge on any atom is 0.397 e. The SMILES string of the molecule is COc1cc(S(=O)(=O)CCOSOOO)c(OC)cc1/N=N/c1c(SOOO)cc2cc(S(=O)(=O)O)c(/N=N/c3ccc(S(=O)(=O)CCOS(=O)(=O)O)cc3)c(N)c2c1O. The standard InChI is InChI=1S/C28H29N5O21S6/c1-47-19-14-22(58(39,40)9-7-49-56-54-52-36)20(48-2)13-18(19)31-32-26-21(55-53-51-35)11-15-12-23(59(41,42)43)27(25(29)24(15)28(26)34)33-30-16-3-5-17(6-4-16)57(37,38)10-8-50-60(44,45)46/h3-6,11-14,34-36H,7-10,29H2,1-2H3,(H,41,42,43)(H,44,45,46)/b32-31+,33-30+. The second-order valence-corrected chi connectivity index (χ2v) is 18.9. The van der Waals surface area contributed by atoms with E-state index in [1.165, 1.54) is 7.11 Å². The fraction of sp³-hybridized carbons (Fsp3) is 0.214. The lowest BCUT2D eigenvalue weighted by Crippen LogP contribution is -2.15. The molecule has 0 atom stereocenters. The van der Waals surface area contributed by atoms with Crippen molar-refractivity contribution in [3.8, 4) is 17.2 Å². The summed E-state index contributed by atoms with van der Waals surface area (Å²) in [7, 11) is -15.9. The van der Waals surface area contributed by atoms with E-state index in [4.69, 9.17) is 34.5 Å². The van der Waals surface area contributed by atoms with E-state index >= 15 is 0 Å². The molecule has 0 radical (unpaired) electrons. The van der Waals surface area contributed by atoms with Crippen molar-refractivity contribution >= 4 is 104 Å². The molecule has 328 valence electrons. The zero-order valence-corrected chi connectivity index (χ0v) is 34.9. The number of nitrogens with zero attached hydrogens (tertiary/aromatic N) is 4. The number of ether oxygens (including phenoxy) is 2. The van der Waals surface area contributed by atoms with Gasteiger partial charge in [0.2, 0.25) is 0 Å². The molecule has 4 aromatic rings. The Bertz CT molecular complexity index is 2720. The third-order valence-corrected chi connectivity index (χ3v) is 13.1. The zero-order valence-electron chi connectivity index (χ0n) is 30.0. The normalized spacial score (nSPS) is 12.8. The number of fused-ring (bicyclic) bond motifs is 1. The maximum atomic E-state index is 13.1. The smallest absolute Gasteiger partial charge is 0.397 e. The van der Waals surface area contributed by atoms with Crippen molar-refractivity contribution in [3.63, 3.8) is 0 Å². The van der Waals surface area contributed by atoms with Gasteiger partial charge in [-0.1, -0.05) is 10.1 Å². The van der Waals surface area contributed by atoms with Crippen LogP contribution in [0.5, 0.6) is 17.2 Å². The summed E-state index contributed by atoms with van der Waals surface area (Å²) in [6.45, 7) is -1.31. The van der Waals surface area contributed by atoms with Crippen LogP contribution in [0.25, 0.3) is 10.8 Å². The second kappa shape index (κ2) is 20.5. The molecule has 4 aromatic carbocycles. The van der Waals surface area contributed by atoms with Crippen molar-refractivity contribution < 1.29 is 95.0 Å². The van der Waals surface area contributed by atoms with Gasteiger partial charge in [0.1, 0.15) is 38.4 Å². The van der Waals surface area contributed by atoms with Gasteiger partial charge in [-0.3, -0.25) is 13.3 Å². The summed E-state index contributed by atoms with van der Waals surface area (Å²) in [6, 6.07) is 8.49. The predicted molar refractivity (Wildman–Crippen MR) is 205 cm³/mol. The fourth-order valence-corrected chi connectivity index (χ4v) is 9.05. The number of phenols is 1. The number of azo groups is 2. The van der Waals surface area contributed by atoms with Crippen LogP contribution in [0, 0.1) is 0 Å². The van der Waals surface area contributed by atoms with Gasteiger partial charge in [0.25, 0.3) is 10.1 Å². The van der Waals surface area contributed by atoms with Gasteiger partial charge in [0.05, 0.1) is 77.5 Å². The fourth-order valence-electron chi connectivity index (χ4n) is 4.82. The van der Waals surface area contributed by atoms with E-state index in [0.29, 0.717) is 0 Å². The van der Waals surface area contributed by atoms with E-state index < -0.39 is 92.6 Å². The summed E-state index contributed by atoms with van der Waals surface area (Å²) < 4.78 is 144. The minimum absolute atomic E-state index is 0.0891. The number of nitrogens with two attached hydrogens (primary N) is 1. The number of hydrogen-bond acceptors (Lipinski definition) is 26. The lowest BCUT2D eigenvalue weighted by molar-refractivity contribution is -0.434. The van der Waals surface area contributed by atoms with Crippen LogP contribution in [0.2, 0.25) is 0 Å². The van der Waals surface area contributed by atoms with Crippen LogP contribution in [0.4, 0.5) is 28.4 Å². The van der Waals surface area contributed by atoms with E-state index in [1.54, 1.807) is 0 Å². The number of rotatable bonds is 22. The number of aromatic hydroxyl groups is 1. The van der Waals surface area contributed by atoms with Crippen LogP contribution >= 0.6 is 24.4 Å². The Morgan fingerprint density at radius 1 is 0.717 bits per heavy atom. The molecular weight excluding hydrogens is 935 g/mol. The van der Waals surface area contributed by atoms with Gasteiger partial charge < -0.3 is 20.3 Å². The molecule has 0 bridgehead atoms. The minimum atomic E-state index is -5.14. The van der Waals surface area contributed by atoms with E-state index in [1.807, 2.05) is 0 Å². The van der Waals surface area contributed by atoms with Crippen LogP contribution in [0.1, 0.15) is 0 Å². The first-order valence-corrected chi connectivity index (χ1v) is 23.0. The largest absolute Gasteiger partial charge is 0.505 e. The molecule has 0 saturated heterocycles. The highest BCUT2D eigenvalue weighted by Crippen LogP contribution is 2.50. The highest BCUT2D eigenvalue weighted by atomic mass is 32.3. The number of methoxy groups -OCH3 is 2. The van der Waals surface area contributed by atoms with Crippen LogP contribution in [0.15, 0.2) is 88.6 Å².